The summed E-state index contributed by atoms with van der Waals surface area (Å²) in [6, 6.07) is 7.28. The van der Waals surface area contributed by atoms with Crippen molar-refractivity contribution in [2.45, 2.75) is 32.4 Å². The summed E-state index contributed by atoms with van der Waals surface area (Å²) >= 11 is 4.28. The Kier molecular flexibility index (Phi) is 4.97. The summed E-state index contributed by atoms with van der Waals surface area (Å²) in [6.07, 6.45) is 0. The van der Waals surface area contributed by atoms with Crippen LogP contribution in [0.1, 0.15) is 48.7 Å². The molecule has 0 atom stereocenters. The molecule has 29 heavy (non-hydrogen) atoms. The van der Waals surface area contributed by atoms with E-state index in [1.165, 1.54) is 6.92 Å². The highest BCUT2D eigenvalue weighted by Gasteiger charge is 2.21. The SMILES string of the molecule is CC(=O)c1ccccc1-c1[nH]n2c(CS)nnc2c1N=Nc1nc(C(C)C)no1. The van der Waals surface area contributed by atoms with E-state index in [1.807, 2.05) is 32.0 Å². The minimum absolute atomic E-state index is 0.0350. The van der Waals surface area contributed by atoms with Crippen molar-refractivity contribution >= 4 is 35.8 Å². The second-order valence-corrected chi connectivity index (χ2v) is 6.98. The lowest BCUT2D eigenvalue weighted by Crippen LogP contribution is -1.97. The maximum Gasteiger partial charge on any atom is 0.366 e. The van der Waals surface area contributed by atoms with Crippen LogP contribution in [0.4, 0.5) is 11.7 Å². The molecule has 3 aromatic heterocycles. The first-order chi connectivity index (χ1) is 14.0. The van der Waals surface area contributed by atoms with Gasteiger partial charge in [-0.3, -0.25) is 9.89 Å². The van der Waals surface area contributed by atoms with Crippen LogP contribution in [0.3, 0.4) is 0 Å². The van der Waals surface area contributed by atoms with Crippen molar-refractivity contribution in [3.63, 3.8) is 0 Å². The van der Waals surface area contributed by atoms with Gasteiger partial charge < -0.3 is 4.52 Å². The lowest BCUT2D eigenvalue weighted by atomic mass is 10.0. The largest absolute Gasteiger partial charge is 0.366 e. The molecule has 0 aliphatic carbocycles. The summed E-state index contributed by atoms with van der Waals surface area (Å²) in [5.41, 5.74) is 2.67. The first-order valence-electron chi connectivity index (χ1n) is 8.92. The summed E-state index contributed by atoms with van der Waals surface area (Å²) in [7, 11) is 0. The number of ketones is 1. The molecule has 0 fully saturated rings. The van der Waals surface area contributed by atoms with Crippen LogP contribution in [0.25, 0.3) is 16.9 Å². The summed E-state index contributed by atoms with van der Waals surface area (Å²) in [5.74, 6) is 1.55. The van der Waals surface area contributed by atoms with Gasteiger partial charge in [0.25, 0.3) is 0 Å². The summed E-state index contributed by atoms with van der Waals surface area (Å²) in [6.45, 7) is 5.42. The quantitative estimate of drug-likeness (QED) is 0.277. The van der Waals surface area contributed by atoms with Gasteiger partial charge in [0.05, 0.1) is 11.4 Å². The van der Waals surface area contributed by atoms with E-state index in [1.54, 1.807) is 10.6 Å². The van der Waals surface area contributed by atoms with Crippen molar-refractivity contribution < 1.29 is 9.32 Å². The number of benzene rings is 1. The molecule has 0 aliphatic heterocycles. The zero-order chi connectivity index (χ0) is 20.5. The van der Waals surface area contributed by atoms with Gasteiger partial charge in [0.15, 0.2) is 23.1 Å². The van der Waals surface area contributed by atoms with Gasteiger partial charge in [-0.1, -0.05) is 48.4 Å². The first-order valence-corrected chi connectivity index (χ1v) is 9.55. The van der Waals surface area contributed by atoms with E-state index in [2.05, 4.69) is 48.3 Å². The number of azo groups is 1. The number of fused-ring (bicyclic) bond motifs is 1. The predicted molar refractivity (Wildman–Crippen MR) is 108 cm³/mol. The molecule has 0 radical (unpaired) electrons. The Balaban J connectivity index is 1.88. The van der Waals surface area contributed by atoms with Crippen LogP contribution in [-0.2, 0) is 5.75 Å². The first kappa shape index (κ1) is 19.0. The Morgan fingerprint density at radius 3 is 2.76 bits per heavy atom. The summed E-state index contributed by atoms with van der Waals surface area (Å²) in [5, 5.41) is 23.7. The average Bonchev–Trinajstić information content (AvgIpc) is 3.41. The number of aromatic nitrogens is 6. The standard InChI is InChI=1S/C18H18N8O2S/c1-9(2)16-19-18(28-25-16)23-21-15-14(12-7-5-4-6-11(12)10(3)27)24-26-13(8-29)20-22-17(15)26/h4-7,9,24,29H,8H2,1-3H3. The molecular weight excluding hydrogens is 392 g/mol. The summed E-state index contributed by atoms with van der Waals surface area (Å²) < 4.78 is 6.80. The Hall–Kier alpha value is -3.34. The average molecular weight is 410 g/mol. The Morgan fingerprint density at radius 2 is 2.07 bits per heavy atom. The fourth-order valence-corrected chi connectivity index (χ4v) is 3.06. The highest BCUT2D eigenvalue weighted by Crippen LogP contribution is 2.36. The van der Waals surface area contributed by atoms with Gasteiger partial charge in [-0.05, 0) is 6.92 Å². The van der Waals surface area contributed by atoms with Crippen LogP contribution in [-0.4, -0.2) is 35.7 Å². The van der Waals surface area contributed by atoms with Crippen molar-refractivity contribution in [1.29, 1.82) is 0 Å². The number of hydrogen-bond donors (Lipinski definition) is 2. The van der Waals surface area contributed by atoms with Crippen molar-refractivity contribution in [1.82, 2.24) is 30.0 Å². The number of rotatable bonds is 6. The van der Waals surface area contributed by atoms with Crippen molar-refractivity contribution in [3.8, 4) is 11.3 Å². The van der Waals surface area contributed by atoms with E-state index in [4.69, 9.17) is 4.52 Å². The van der Waals surface area contributed by atoms with Crippen molar-refractivity contribution in [3.05, 3.63) is 41.5 Å². The maximum atomic E-state index is 12.1. The Labute approximate surface area is 170 Å². The number of aromatic amines is 1. The minimum Gasteiger partial charge on any atom is -0.311 e. The third kappa shape index (κ3) is 3.44. The molecule has 0 aliphatic rings. The molecule has 0 bridgehead atoms. The lowest BCUT2D eigenvalue weighted by molar-refractivity contribution is 0.101. The Morgan fingerprint density at radius 1 is 1.28 bits per heavy atom. The van der Waals surface area contributed by atoms with E-state index in [-0.39, 0.29) is 17.7 Å². The molecule has 0 amide bonds. The minimum atomic E-state index is -0.0678. The smallest absolute Gasteiger partial charge is 0.311 e. The predicted octanol–water partition coefficient (Wildman–Crippen LogP) is 4.28. The van der Waals surface area contributed by atoms with Gasteiger partial charge in [-0.15, -0.1) is 15.3 Å². The molecule has 4 aromatic rings. The maximum absolute atomic E-state index is 12.1. The number of nitrogens with zero attached hydrogens (tertiary/aromatic N) is 7. The molecule has 148 valence electrons. The fraction of sp³-hybridized carbons (Fsp3) is 0.278. The number of carbonyl (C=O) groups is 1. The number of nitrogens with one attached hydrogen (secondary N) is 1. The third-order valence-electron chi connectivity index (χ3n) is 4.30. The normalized spacial score (nSPS) is 11.9. The molecule has 0 saturated carbocycles. The molecule has 4 rings (SSSR count). The topological polar surface area (TPSA) is 127 Å². The molecule has 1 N–H and O–H groups in total. The van der Waals surface area contributed by atoms with Crippen LogP contribution in [0.5, 0.6) is 0 Å². The van der Waals surface area contributed by atoms with Crippen LogP contribution >= 0.6 is 12.6 Å². The van der Waals surface area contributed by atoms with Gasteiger partial charge in [0, 0.05) is 17.0 Å². The van der Waals surface area contributed by atoms with E-state index in [0.717, 1.165) is 0 Å². The van der Waals surface area contributed by atoms with Crippen LogP contribution in [0, 0.1) is 0 Å². The van der Waals surface area contributed by atoms with Gasteiger partial charge in [0.2, 0.25) is 5.65 Å². The zero-order valence-electron chi connectivity index (χ0n) is 16.0. The molecule has 11 heteroatoms. The van der Waals surface area contributed by atoms with E-state index in [9.17, 15) is 4.79 Å². The number of carbonyl (C=O) groups excluding carboxylic acids is 1. The van der Waals surface area contributed by atoms with Crippen molar-refractivity contribution in [2.24, 2.45) is 10.2 Å². The fourth-order valence-electron chi connectivity index (χ4n) is 2.85. The molecule has 0 saturated heterocycles. The van der Waals surface area contributed by atoms with Crippen LogP contribution < -0.4 is 0 Å². The Bertz CT molecular complexity index is 1220. The lowest BCUT2D eigenvalue weighted by Gasteiger charge is -2.05. The van der Waals surface area contributed by atoms with Crippen molar-refractivity contribution in [2.75, 3.05) is 0 Å². The van der Waals surface area contributed by atoms with E-state index >= 15 is 0 Å². The van der Waals surface area contributed by atoms with Gasteiger partial charge in [-0.2, -0.15) is 17.6 Å². The van der Waals surface area contributed by atoms with Gasteiger partial charge >= 0.3 is 6.01 Å². The third-order valence-corrected chi connectivity index (χ3v) is 4.59. The van der Waals surface area contributed by atoms with Crippen LogP contribution in [0.15, 0.2) is 39.0 Å². The number of hydrogen-bond acceptors (Lipinski definition) is 9. The monoisotopic (exact) mass is 410 g/mol. The van der Waals surface area contributed by atoms with E-state index in [0.29, 0.717) is 45.6 Å². The molecule has 0 spiro atoms. The zero-order valence-corrected chi connectivity index (χ0v) is 16.9. The number of thiol groups is 1. The number of Topliss-reactive ketones (excluding diaryl/α,β-unsaturated/α-hetero) is 1. The van der Waals surface area contributed by atoms with Crippen LogP contribution in [0.2, 0.25) is 0 Å². The van der Waals surface area contributed by atoms with Gasteiger partial charge in [-0.25, -0.2) is 4.52 Å². The second-order valence-electron chi connectivity index (χ2n) is 6.66. The highest BCUT2D eigenvalue weighted by atomic mass is 32.1. The molecule has 0 unspecified atom stereocenters. The molecular formula is C18H18N8O2S. The highest BCUT2D eigenvalue weighted by molar-refractivity contribution is 7.79. The molecule has 1 aromatic carbocycles. The number of H-pyrrole nitrogens is 1. The second kappa shape index (κ2) is 7.59. The van der Waals surface area contributed by atoms with E-state index < -0.39 is 0 Å². The molecule has 3 heterocycles. The molecule has 10 nitrogen and oxygen atoms in total. The van der Waals surface area contributed by atoms with Gasteiger partial charge in [0.1, 0.15) is 0 Å². The summed E-state index contributed by atoms with van der Waals surface area (Å²) in [4.78, 5) is 16.3.